The van der Waals surface area contributed by atoms with Crippen molar-refractivity contribution in [2.75, 3.05) is 7.11 Å². The molecule has 0 radical (unpaired) electrons. The predicted octanol–water partition coefficient (Wildman–Crippen LogP) is 3.83. The molecular formula is C15H25NOS. The number of nitrogens with one attached hydrogen (secondary N) is 1. The first-order valence-corrected chi connectivity index (χ1v) is 7.58. The second kappa shape index (κ2) is 7.70. The van der Waals surface area contributed by atoms with Crippen molar-refractivity contribution in [2.24, 2.45) is 0 Å². The van der Waals surface area contributed by atoms with Crippen molar-refractivity contribution in [1.29, 1.82) is 0 Å². The average Bonchev–Trinajstić information content (AvgIpc) is 2.33. The lowest BCUT2D eigenvalue weighted by atomic mass is 10.1. The van der Waals surface area contributed by atoms with Gasteiger partial charge in [0.25, 0.3) is 0 Å². The van der Waals surface area contributed by atoms with Crippen molar-refractivity contribution in [3.8, 4) is 5.75 Å². The minimum atomic E-state index is 0.514. The predicted molar refractivity (Wildman–Crippen MR) is 81.4 cm³/mol. The van der Waals surface area contributed by atoms with E-state index in [1.54, 1.807) is 7.11 Å². The maximum Gasteiger partial charge on any atom is 0.122 e. The molecule has 0 aromatic heterocycles. The van der Waals surface area contributed by atoms with Gasteiger partial charge in [0.1, 0.15) is 5.75 Å². The van der Waals surface area contributed by atoms with Gasteiger partial charge in [0.2, 0.25) is 0 Å². The number of thioether (sulfide) groups is 1. The van der Waals surface area contributed by atoms with Gasteiger partial charge < -0.3 is 10.1 Å². The monoisotopic (exact) mass is 267 g/mol. The van der Waals surface area contributed by atoms with E-state index in [0.717, 1.165) is 18.0 Å². The highest BCUT2D eigenvalue weighted by atomic mass is 32.2. The highest BCUT2D eigenvalue weighted by Gasteiger charge is 2.06. The number of hydrogen-bond donors (Lipinski definition) is 1. The van der Waals surface area contributed by atoms with E-state index in [2.05, 4.69) is 51.2 Å². The molecule has 0 amide bonds. The fourth-order valence-electron chi connectivity index (χ4n) is 1.63. The topological polar surface area (TPSA) is 21.3 Å². The summed E-state index contributed by atoms with van der Waals surface area (Å²) in [5.41, 5.74) is 2.61. The van der Waals surface area contributed by atoms with Crippen LogP contribution in [0, 0.1) is 0 Å². The lowest BCUT2D eigenvalue weighted by molar-refractivity contribution is 0.411. The molecule has 0 atom stereocenters. The molecule has 1 aromatic rings. The molecule has 1 rings (SSSR count). The quantitative estimate of drug-likeness (QED) is 0.811. The van der Waals surface area contributed by atoms with Gasteiger partial charge in [-0.15, -0.1) is 0 Å². The molecule has 0 aliphatic heterocycles. The van der Waals surface area contributed by atoms with E-state index in [0.29, 0.717) is 11.3 Å². The molecule has 0 spiro atoms. The van der Waals surface area contributed by atoms with Crippen LogP contribution >= 0.6 is 11.8 Å². The molecule has 2 nitrogen and oxygen atoms in total. The van der Waals surface area contributed by atoms with Crippen LogP contribution in [-0.4, -0.2) is 18.4 Å². The summed E-state index contributed by atoms with van der Waals surface area (Å²) in [7, 11) is 1.74. The van der Waals surface area contributed by atoms with Crippen molar-refractivity contribution in [2.45, 2.75) is 51.3 Å². The number of benzene rings is 1. The number of hydrogen-bond acceptors (Lipinski definition) is 3. The minimum absolute atomic E-state index is 0.514. The van der Waals surface area contributed by atoms with Crippen LogP contribution < -0.4 is 10.1 Å². The molecule has 3 heteroatoms. The van der Waals surface area contributed by atoms with Gasteiger partial charge >= 0.3 is 0 Å². The highest BCUT2D eigenvalue weighted by Crippen LogP contribution is 2.26. The summed E-state index contributed by atoms with van der Waals surface area (Å²) in [6.45, 7) is 9.70. The zero-order valence-corrected chi connectivity index (χ0v) is 12.9. The van der Waals surface area contributed by atoms with Crippen LogP contribution in [0.15, 0.2) is 18.2 Å². The smallest absolute Gasteiger partial charge is 0.122 e. The Labute approximate surface area is 116 Å². The van der Waals surface area contributed by atoms with Gasteiger partial charge in [-0.25, -0.2) is 0 Å². The van der Waals surface area contributed by atoms with Crippen molar-refractivity contribution < 1.29 is 4.74 Å². The van der Waals surface area contributed by atoms with Crippen molar-refractivity contribution >= 4 is 11.8 Å². The molecule has 0 fully saturated rings. The molecule has 0 bridgehead atoms. The van der Waals surface area contributed by atoms with E-state index in [-0.39, 0.29) is 0 Å². The number of ether oxygens (including phenoxy) is 1. The van der Waals surface area contributed by atoms with E-state index >= 15 is 0 Å². The van der Waals surface area contributed by atoms with Gasteiger partial charge in [-0.2, -0.15) is 11.8 Å². The van der Waals surface area contributed by atoms with E-state index in [4.69, 9.17) is 4.74 Å². The standard InChI is InChI=1S/C15H25NOS/c1-11(2)16-9-13-6-7-15(17-5)14(8-13)10-18-12(3)4/h6-8,11-12,16H,9-10H2,1-5H3. The summed E-state index contributed by atoms with van der Waals surface area (Å²) in [5, 5.41) is 4.09. The summed E-state index contributed by atoms with van der Waals surface area (Å²) in [4.78, 5) is 0. The molecule has 0 aliphatic rings. The molecule has 1 aromatic carbocycles. The maximum absolute atomic E-state index is 5.42. The summed E-state index contributed by atoms with van der Waals surface area (Å²) in [6, 6.07) is 6.98. The Balaban J connectivity index is 2.74. The largest absolute Gasteiger partial charge is 0.496 e. The van der Waals surface area contributed by atoms with Crippen LogP contribution in [0.5, 0.6) is 5.75 Å². The van der Waals surface area contributed by atoms with Gasteiger partial charge in [-0.1, -0.05) is 33.8 Å². The molecule has 0 heterocycles. The third kappa shape index (κ3) is 5.32. The van der Waals surface area contributed by atoms with E-state index in [1.807, 2.05) is 11.8 Å². The van der Waals surface area contributed by atoms with Crippen LogP contribution in [0.4, 0.5) is 0 Å². The molecule has 0 aliphatic carbocycles. The van der Waals surface area contributed by atoms with Gasteiger partial charge in [0, 0.05) is 23.9 Å². The van der Waals surface area contributed by atoms with Gasteiger partial charge in [-0.05, 0) is 22.9 Å². The first kappa shape index (κ1) is 15.4. The number of methoxy groups -OCH3 is 1. The zero-order valence-electron chi connectivity index (χ0n) is 12.1. The first-order chi connectivity index (χ1) is 8.52. The molecular weight excluding hydrogens is 242 g/mol. The molecule has 1 N–H and O–H groups in total. The Hall–Kier alpha value is -0.670. The lowest BCUT2D eigenvalue weighted by Crippen LogP contribution is -2.21. The van der Waals surface area contributed by atoms with E-state index in [9.17, 15) is 0 Å². The Kier molecular flexibility index (Phi) is 6.58. The van der Waals surface area contributed by atoms with Gasteiger partial charge in [0.15, 0.2) is 0 Å². The minimum Gasteiger partial charge on any atom is -0.496 e. The number of rotatable bonds is 7. The second-order valence-electron chi connectivity index (χ2n) is 5.04. The Morgan fingerprint density at radius 2 is 1.94 bits per heavy atom. The summed E-state index contributed by atoms with van der Waals surface area (Å²) in [6.07, 6.45) is 0. The van der Waals surface area contributed by atoms with Crippen LogP contribution in [0.1, 0.15) is 38.8 Å². The molecule has 0 unspecified atom stereocenters. The molecule has 0 saturated carbocycles. The highest BCUT2D eigenvalue weighted by molar-refractivity contribution is 7.99. The van der Waals surface area contributed by atoms with Crippen LogP contribution in [0.2, 0.25) is 0 Å². The first-order valence-electron chi connectivity index (χ1n) is 6.53. The normalized spacial score (nSPS) is 11.3. The summed E-state index contributed by atoms with van der Waals surface area (Å²) in [5.74, 6) is 2.01. The SMILES string of the molecule is COc1ccc(CNC(C)C)cc1CSC(C)C. The molecule has 18 heavy (non-hydrogen) atoms. The van der Waals surface area contributed by atoms with Gasteiger partial charge in [-0.3, -0.25) is 0 Å². The Morgan fingerprint density at radius 3 is 2.50 bits per heavy atom. The van der Waals surface area contributed by atoms with Crippen molar-refractivity contribution in [3.63, 3.8) is 0 Å². The lowest BCUT2D eigenvalue weighted by Gasteiger charge is -2.13. The fourth-order valence-corrected chi connectivity index (χ4v) is 2.37. The maximum atomic E-state index is 5.42. The van der Waals surface area contributed by atoms with Crippen LogP contribution in [0.3, 0.4) is 0 Å². The van der Waals surface area contributed by atoms with E-state index in [1.165, 1.54) is 11.1 Å². The third-order valence-corrected chi connectivity index (χ3v) is 3.78. The van der Waals surface area contributed by atoms with Crippen molar-refractivity contribution in [1.82, 2.24) is 5.32 Å². The van der Waals surface area contributed by atoms with E-state index < -0.39 is 0 Å². The Morgan fingerprint density at radius 1 is 1.22 bits per heavy atom. The zero-order chi connectivity index (χ0) is 13.5. The average molecular weight is 267 g/mol. The molecule has 0 saturated heterocycles. The van der Waals surface area contributed by atoms with Crippen LogP contribution in [-0.2, 0) is 12.3 Å². The fraction of sp³-hybridized carbons (Fsp3) is 0.600. The van der Waals surface area contributed by atoms with Crippen molar-refractivity contribution in [3.05, 3.63) is 29.3 Å². The molecule has 102 valence electrons. The Bertz CT molecular complexity index is 364. The van der Waals surface area contributed by atoms with Gasteiger partial charge in [0.05, 0.1) is 7.11 Å². The summed E-state index contributed by atoms with van der Waals surface area (Å²) < 4.78 is 5.42. The third-order valence-electron chi connectivity index (χ3n) is 2.63. The summed E-state index contributed by atoms with van der Waals surface area (Å²) >= 11 is 1.95. The second-order valence-corrected chi connectivity index (χ2v) is 6.61. The van der Waals surface area contributed by atoms with Crippen LogP contribution in [0.25, 0.3) is 0 Å².